The fourth-order valence-corrected chi connectivity index (χ4v) is 3.39. The fraction of sp³-hybridized carbons (Fsp3) is 0.217. The van der Waals surface area contributed by atoms with E-state index in [1.165, 1.54) is 0 Å². The number of nitrogens with one attached hydrogen (secondary N) is 1. The number of nitrogens with zero attached hydrogens (tertiary/aromatic N) is 2. The summed E-state index contributed by atoms with van der Waals surface area (Å²) in [4.78, 5) is 17.0. The van der Waals surface area contributed by atoms with E-state index >= 15 is 0 Å². The molecule has 2 heterocycles. The topological polar surface area (TPSA) is 55.6 Å². The molecule has 0 fully saturated rings. The molecule has 5 heteroatoms. The van der Waals surface area contributed by atoms with Gasteiger partial charge < -0.3 is 10.1 Å². The zero-order valence-electron chi connectivity index (χ0n) is 16.1. The number of carbonyl (C=O) groups excluding carboxylic acids is 1. The molecule has 1 N–H and O–H groups in total. The molecule has 5 nitrogen and oxygen atoms in total. The van der Waals surface area contributed by atoms with Crippen molar-refractivity contribution in [1.82, 2.24) is 9.38 Å². The van der Waals surface area contributed by atoms with Gasteiger partial charge in [0.1, 0.15) is 23.7 Å². The van der Waals surface area contributed by atoms with E-state index in [4.69, 9.17) is 9.72 Å². The average molecular weight is 373 g/mol. The van der Waals surface area contributed by atoms with Gasteiger partial charge in [-0.1, -0.05) is 55.5 Å². The molecule has 2 aromatic carbocycles. The summed E-state index contributed by atoms with van der Waals surface area (Å²) in [6.07, 6.45) is 2.80. The Hall–Kier alpha value is -3.34. The van der Waals surface area contributed by atoms with Gasteiger partial charge in [-0.25, -0.2) is 4.98 Å². The van der Waals surface area contributed by atoms with Crippen molar-refractivity contribution in [2.45, 2.75) is 20.3 Å². The molecule has 0 aliphatic heterocycles. The molecular formula is C23H23N3O2. The Morgan fingerprint density at radius 2 is 1.89 bits per heavy atom. The third kappa shape index (κ3) is 3.31. The first-order valence-corrected chi connectivity index (χ1v) is 9.54. The highest BCUT2D eigenvalue weighted by molar-refractivity contribution is 5.97. The molecule has 0 unspecified atom stereocenters. The van der Waals surface area contributed by atoms with E-state index < -0.39 is 0 Å². The predicted molar refractivity (Wildman–Crippen MR) is 113 cm³/mol. The van der Waals surface area contributed by atoms with Crippen molar-refractivity contribution < 1.29 is 9.53 Å². The van der Waals surface area contributed by atoms with Crippen molar-refractivity contribution >= 4 is 28.2 Å². The maximum Gasteiger partial charge on any atom is 0.325 e. The third-order valence-corrected chi connectivity index (χ3v) is 4.78. The first-order chi connectivity index (χ1) is 13.7. The highest BCUT2D eigenvalue weighted by atomic mass is 16.5. The van der Waals surface area contributed by atoms with Gasteiger partial charge in [-0.2, -0.15) is 0 Å². The Balaban J connectivity index is 1.85. The minimum absolute atomic E-state index is 0.0967. The van der Waals surface area contributed by atoms with Gasteiger partial charge in [-0.15, -0.1) is 0 Å². The van der Waals surface area contributed by atoms with Crippen molar-refractivity contribution in [3.63, 3.8) is 0 Å². The molecule has 0 saturated carbocycles. The number of aryl methyl sites for hydroxylation is 1. The first-order valence-electron chi connectivity index (χ1n) is 9.54. The van der Waals surface area contributed by atoms with Crippen LogP contribution >= 0.6 is 0 Å². The van der Waals surface area contributed by atoms with Crippen LogP contribution in [-0.2, 0) is 9.53 Å². The molecule has 0 atom stereocenters. The minimum atomic E-state index is -0.270. The van der Waals surface area contributed by atoms with Crippen LogP contribution in [-0.4, -0.2) is 28.5 Å². The number of esters is 1. The average Bonchev–Trinajstić information content (AvgIpc) is 3.09. The van der Waals surface area contributed by atoms with Crippen molar-refractivity contribution in [3.8, 4) is 11.3 Å². The molecule has 0 radical (unpaired) electrons. The van der Waals surface area contributed by atoms with Gasteiger partial charge >= 0.3 is 5.97 Å². The van der Waals surface area contributed by atoms with Gasteiger partial charge in [0.2, 0.25) is 0 Å². The Morgan fingerprint density at radius 3 is 2.71 bits per heavy atom. The summed E-state index contributed by atoms with van der Waals surface area (Å²) in [6.45, 7) is 4.58. The fourth-order valence-electron chi connectivity index (χ4n) is 3.39. The van der Waals surface area contributed by atoms with E-state index in [2.05, 4.69) is 42.6 Å². The van der Waals surface area contributed by atoms with E-state index in [1.54, 1.807) is 0 Å². The van der Waals surface area contributed by atoms with Crippen LogP contribution < -0.4 is 5.32 Å². The molecule has 0 bridgehead atoms. The Labute approximate surface area is 164 Å². The van der Waals surface area contributed by atoms with Crippen molar-refractivity contribution in [3.05, 3.63) is 66.4 Å². The maximum absolute atomic E-state index is 12.0. The zero-order chi connectivity index (χ0) is 19.5. The van der Waals surface area contributed by atoms with Crippen molar-refractivity contribution in [2.24, 2.45) is 0 Å². The quantitative estimate of drug-likeness (QED) is 0.492. The van der Waals surface area contributed by atoms with Gasteiger partial charge in [0, 0.05) is 17.1 Å². The van der Waals surface area contributed by atoms with E-state index in [9.17, 15) is 4.79 Å². The Morgan fingerprint density at radius 1 is 1.11 bits per heavy atom. The number of hydrogen-bond acceptors (Lipinski definition) is 4. The second kappa shape index (κ2) is 7.72. The summed E-state index contributed by atoms with van der Waals surface area (Å²) in [5.74, 6) is 0.525. The van der Waals surface area contributed by atoms with Gasteiger partial charge in [0.15, 0.2) is 0 Å². The number of anilines is 1. The summed E-state index contributed by atoms with van der Waals surface area (Å²) in [5, 5.41) is 5.46. The van der Waals surface area contributed by atoms with Crippen LogP contribution in [0.1, 0.15) is 18.9 Å². The normalized spacial score (nSPS) is 11.1. The largest absolute Gasteiger partial charge is 0.464 e. The van der Waals surface area contributed by atoms with E-state index in [0.29, 0.717) is 6.61 Å². The molecule has 0 aliphatic rings. The number of benzene rings is 2. The number of carbonyl (C=O) groups is 1. The zero-order valence-corrected chi connectivity index (χ0v) is 16.1. The van der Waals surface area contributed by atoms with Gasteiger partial charge in [0.25, 0.3) is 0 Å². The Kier molecular flexibility index (Phi) is 4.98. The Bertz CT molecular complexity index is 1150. The van der Waals surface area contributed by atoms with Crippen LogP contribution in [0.5, 0.6) is 0 Å². The molecule has 142 valence electrons. The van der Waals surface area contributed by atoms with Crippen LogP contribution in [0.25, 0.3) is 27.7 Å². The summed E-state index contributed by atoms with van der Waals surface area (Å²) < 4.78 is 7.22. The number of aromatic nitrogens is 2. The lowest BCUT2D eigenvalue weighted by atomic mass is 10.1. The minimum Gasteiger partial charge on any atom is -0.464 e. The van der Waals surface area contributed by atoms with Crippen LogP contribution in [0.2, 0.25) is 0 Å². The number of hydrogen-bond donors (Lipinski definition) is 1. The molecule has 28 heavy (non-hydrogen) atoms. The number of imidazole rings is 1. The van der Waals surface area contributed by atoms with Gasteiger partial charge in [-0.3, -0.25) is 9.20 Å². The summed E-state index contributed by atoms with van der Waals surface area (Å²) >= 11 is 0. The molecular weight excluding hydrogens is 350 g/mol. The van der Waals surface area contributed by atoms with Crippen LogP contribution in [0, 0.1) is 6.92 Å². The number of rotatable bonds is 6. The highest BCUT2D eigenvalue weighted by Gasteiger charge is 2.18. The standard InChI is InChI=1S/C23H23N3O2/c1-3-14-28-20(27)15-24-23-21(18-10-6-4-8-16(18)2)25-22-19-11-7-5-9-17(19)12-13-26(22)23/h4-13,24H,3,14-15H2,1-2H3. The number of fused-ring (bicyclic) bond motifs is 3. The van der Waals surface area contributed by atoms with Crippen LogP contribution in [0.3, 0.4) is 0 Å². The summed E-state index contributed by atoms with van der Waals surface area (Å²) in [7, 11) is 0. The lowest BCUT2D eigenvalue weighted by Crippen LogP contribution is -2.18. The maximum atomic E-state index is 12.0. The number of ether oxygens (including phenoxy) is 1. The molecule has 0 aliphatic carbocycles. The SMILES string of the molecule is CCCOC(=O)CNc1c(-c2ccccc2C)nc2c3ccccc3ccn12. The molecule has 4 rings (SSSR count). The second-order valence-electron chi connectivity index (χ2n) is 6.79. The first kappa shape index (κ1) is 18.0. The van der Waals surface area contributed by atoms with Crippen molar-refractivity contribution in [1.29, 1.82) is 0 Å². The summed E-state index contributed by atoms with van der Waals surface area (Å²) in [5.41, 5.74) is 3.87. The molecule has 2 aromatic heterocycles. The van der Waals surface area contributed by atoms with Gasteiger partial charge in [0.05, 0.1) is 6.61 Å². The lowest BCUT2D eigenvalue weighted by molar-refractivity contribution is -0.141. The second-order valence-corrected chi connectivity index (χ2v) is 6.79. The summed E-state index contributed by atoms with van der Waals surface area (Å²) in [6, 6.07) is 18.4. The van der Waals surface area contributed by atoms with Crippen molar-refractivity contribution in [2.75, 3.05) is 18.5 Å². The van der Waals surface area contributed by atoms with E-state index in [-0.39, 0.29) is 12.5 Å². The smallest absolute Gasteiger partial charge is 0.325 e. The molecule has 4 aromatic rings. The van der Waals surface area contributed by atoms with Crippen LogP contribution in [0.4, 0.5) is 5.82 Å². The molecule has 0 amide bonds. The highest BCUT2D eigenvalue weighted by Crippen LogP contribution is 2.33. The van der Waals surface area contributed by atoms with E-state index in [1.807, 2.05) is 41.8 Å². The van der Waals surface area contributed by atoms with Gasteiger partial charge in [-0.05, 0) is 30.4 Å². The van der Waals surface area contributed by atoms with E-state index in [0.717, 1.165) is 45.5 Å². The van der Waals surface area contributed by atoms with Crippen LogP contribution in [0.15, 0.2) is 60.8 Å². The molecule has 0 saturated heterocycles. The third-order valence-electron chi connectivity index (χ3n) is 4.78. The predicted octanol–water partition coefficient (Wildman–Crippen LogP) is 4.83. The monoisotopic (exact) mass is 373 g/mol. The lowest BCUT2D eigenvalue weighted by Gasteiger charge is -2.10. The molecule has 0 spiro atoms. The number of pyridine rings is 1.